The Bertz CT molecular complexity index is 423. The lowest BCUT2D eigenvalue weighted by Crippen LogP contribution is -1.97. The molecule has 0 radical (unpaired) electrons. The highest BCUT2D eigenvalue weighted by molar-refractivity contribution is 4.52. The van der Waals surface area contributed by atoms with Crippen molar-refractivity contribution < 1.29 is 9.47 Å². The molecule has 0 bridgehead atoms. The number of rotatable bonds is 41. The summed E-state index contributed by atoms with van der Waals surface area (Å²) in [5.41, 5.74) is 0. The molecule has 0 saturated carbocycles. The van der Waals surface area contributed by atoms with Crippen molar-refractivity contribution in [1.82, 2.24) is 0 Å². The van der Waals surface area contributed by atoms with E-state index in [2.05, 4.69) is 13.8 Å². The zero-order valence-electron chi connectivity index (χ0n) is 31.1. The minimum Gasteiger partial charge on any atom is -0.381 e. The van der Waals surface area contributed by atoms with Crippen LogP contribution in [0.4, 0.5) is 0 Å². The Morgan fingerprint density at radius 2 is 0.318 bits per heavy atom. The number of hydrogen-bond acceptors (Lipinski definition) is 2. The quantitative estimate of drug-likeness (QED) is 0.0631. The van der Waals surface area contributed by atoms with Gasteiger partial charge in [-0.05, 0) is 25.7 Å². The van der Waals surface area contributed by atoms with Crippen LogP contribution >= 0.6 is 0 Å². The molecule has 0 aromatic heterocycles. The fourth-order valence-electron chi connectivity index (χ4n) is 6.47. The molecule has 2 nitrogen and oxygen atoms in total. The first kappa shape index (κ1) is 43.9. The predicted molar refractivity (Wildman–Crippen MR) is 199 cm³/mol. The van der Waals surface area contributed by atoms with Gasteiger partial charge in [-0.25, -0.2) is 0 Å². The summed E-state index contributed by atoms with van der Waals surface area (Å²) in [6, 6.07) is 0. The lowest BCUT2D eigenvalue weighted by molar-refractivity contribution is 0.125. The molecule has 0 heterocycles. The molecule has 0 aliphatic carbocycles. The fourth-order valence-corrected chi connectivity index (χ4v) is 6.47. The Morgan fingerprint density at radius 1 is 0.182 bits per heavy atom. The van der Waals surface area contributed by atoms with Crippen molar-refractivity contribution in [1.29, 1.82) is 0 Å². The van der Waals surface area contributed by atoms with Gasteiger partial charge in [-0.3, -0.25) is 0 Å². The van der Waals surface area contributed by atoms with Gasteiger partial charge in [0.25, 0.3) is 0 Å². The van der Waals surface area contributed by atoms with Crippen LogP contribution in [0.3, 0.4) is 0 Å². The summed E-state index contributed by atoms with van der Waals surface area (Å²) >= 11 is 0. The molecular weight excluding hydrogens is 536 g/mol. The van der Waals surface area contributed by atoms with E-state index in [4.69, 9.17) is 9.47 Å². The zero-order valence-corrected chi connectivity index (χ0v) is 31.1. The second kappa shape index (κ2) is 42.9. The molecule has 0 aliphatic heterocycles. The number of ether oxygens (including phenoxy) is 2. The van der Waals surface area contributed by atoms with Crippen LogP contribution in [0, 0.1) is 0 Å². The van der Waals surface area contributed by atoms with Gasteiger partial charge in [-0.15, -0.1) is 0 Å². The summed E-state index contributed by atoms with van der Waals surface area (Å²) in [4.78, 5) is 0. The van der Waals surface area contributed by atoms with Crippen molar-refractivity contribution >= 4 is 0 Å². The van der Waals surface area contributed by atoms with Gasteiger partial charge in [0.15, 0.2) is 0 Å². The molecule has 0 aromatic rings. The molecule has 44 heavy (non-hydrogen) atoms. The third-order valence-electron chi connectivity index (χ3n) is 9.61. The van der Waals surface area contributed by atoms with E-state index in [1.165, 1.54) is 231 Å². The average Bonchev–Trinajstić information content (AvgIpc) is 3.04. The van der Waals surface area contributed by atoms with E-state index in [0.29, 0.717) is 0 Å². The summed E-state index contributed by atoms with van der Waals surface area (Å²) in [5, 5.41) is 0. The van der Waals surface area contributed by atoms with Gasteiger partial charge in [0.2, 0.25) is 0 Å². The SMILES string of the molecule is CCCCCCCCCCCCCCCCOCCCCCCCCCCOCCCCCCCCCCCCCCCC. The predicted octanol–water partition coefficient (Wildman–Crippen LogP) is 15.1. The van der Waals surface area contributed by atoms with E-state index in [-0.39, 0.29) is 0 Å². The van der Waals surface area contributed by atoms with Crippen molar-refractivity contribution in [2.45, 2.75) is 245 Å². The molecule has 0 spiro atoms. The summed E-state index contributed by atoms with van der Waals surface area (Å²) in [7, 11) is 0. The van der Waals surface area contributed by atoms with Gasteiger partial charge in [-0.1, -0.05) is 219 Å². The molecule has 0 atom stereocenters. The summed E-state index contributed by atoms with van der Waals surface area (Å²) in [5.74, 6) is 0. The van der Waals surface area contributed by atoms with Crippen molar-refractivity contribution in [2.24, 2.45) is 0 Å². The largest absolute Gasteiger partial charge is 0.381 e. The third kappa shape index (κ3) is 41.9. The molecule has 0 fully saturated rings. The van der Waals surface area contributed by atoms with Crippen LogP contribution in [-0.2, 0) is 9.47 Å². The Hall–Kier alpha value is -0.0800. The van der Waals surface area contributed by atoms with Crippen LogP contribution < -0.4 is 0 Å². The number of hydrogen-bond donors (Lipinski definition) is 0. The van der Waals surface area contributed by atoms with Crippen LogP contribution in [0.5, 0.6) is 0 Å². The topological polar surface area (TPSA) is 18.5 Å². The van der Waals surface area contributed by atoms with Gasteiger partial charge in [0, 0.05) is 26.4 Å². The maximum Gasteiger partial charge on any atom is 0.0466 e. The number of unbranched alkanes of at least 4 members (excludes halogenated alkanes) is 33. The highest BCUT2D eigenvalue weighted by Gasteiger charge is 1.98. The van der Waals surface area contributed by atoms with E-state index in [1.807, 2.05) is 0 Å². The maximum atomic E-state index is 5.88. The van der Waals surface area contributed by atoms with Crippen LogP contribution in [0.15, 0.2) is 0 Å². The second-order valence-electron chi connectivity index (χ2n) is 14.2. The zero-order chi connectivity index (χ0) is 31.7. The highest BCUT2D eigenvalue weighted by Crippen LogP contribution is 2.15. The van der Waals surface area contributed by atoms with Crippen LogP contribution in [0.2, 0.25) is 0 Å². The molecule has 0 amide bonds. The van der Waals surface area contributed by atoms with Crippen molar-refractivity contribution in [3.05, 3.63) is 0 Å². The molecule has 2 heteroatoms. The Kier molecular flexibility index (Phi) is 42.8. The first-order valence-electron chi connectivity index (χ1n) is 21.1. The van der Waals surface area contributed by atoms with Crippen LogP contribution in [-0.4, -0.2) is 26.4 Å². The van der Waals surface area contributed by atoms with E-state index in [9.17, 15) is 0 Å². The molecule has 0 N–H and O–H groups in total. The van der Waals surface area contributed by atoms with Crippen molar-refractivity contribution in [3.63, 3.8) is 0 Å². The van der Waals surface area contributed by atoms with Crippen molar-refractivity contribution in [2.75, 3.05) is 26.4 Å². The van der Waals surface area contributed by atoms with Crippen LogP contribution in [0.25, 0.3) is 0 Å². The normalized spacial score (nSPS) is 11.6. The minimum absolute atomic E-state index is 0.981. The van der Waals surface area contributed by atoms with Gasteiger partial charge >= 0.3 is 0 Å². The average molecular weight is 623 g/mol. The van der Waals surface area contributed by atoms with Gasteiger partial charge in [0.1, 0.15) is 0 Å². The fraction of sp³-hybridized carbons (Fsp3) is 1.00. The first-order valence-corrected chi connectivity index (χ1v) is 21.1. The summed E-state index contributed by atoms with van der Waals surface area (Å²) in [6.07, 6.45) is 50.7. The minimum atomic E-state index is 0.981. The van der Waals surface area contributed by atoms with Gasteiger partial charge in [0.05, 0.1) is 0 Å². The summed E-state index contributed by atoms with van der Waals surface area (Å²) in [6.45, 7) is 8.54. The van der Waals surface area contributed by atoms with E-state index in [1.54, 1.807) is 0 Å². The van der Waals surface area contributed by atoms with E-state index in [0.717, 1.165) is 26.4 Å². The van der Waals surface area contributed by atoms with Gasteiger partial charge < -0.3 is 9.47 Å². The Morgan fingerprint density at radius 3 is 0.477 bits per heavy atom. The maximum absolute atomic E-state index is 5.88. The van der Waals surface area contributed by atoms with E-state index >= 15 is 0 Å². The molecular formula is C42H86O2. The molecule has 0 aliphatic rings. The van der Waals surface area contributed by atoms with Gasteiger partial charge in [-0.2, -0.15) is 0 Å². The van der Waals surface area contributed by atoms with Crippen molar-refractivity contribution in [3.8, 4) is 0 Å². The standard InChI is InChI=1S/C42H86O2/c1-3-5-7-9-11-13-15-17-19-21-23-27-31-35-39-43-41-37-33-29-25-26-30-34-38-42-44-40-36-32-28-24-22-20-18-16-14-12-10-8-6-4-2/h3-42H2,1-2H3. The van der Waals surface area contributed by atoms with Crippen LogP contribution in [0.1, 0.15) is 245 Å². The lowest BCUT2D eigenvalue weighted by atomic mass is 10.0. The molecule has 0 saturated heterocycles. The Balaban J connectivity index is 3.03. The second-order valence-corrected chi connectivity index (χ2v) is 14.2. The summed E-state index contributed by atoms with van der Waals surface area (Å²) < 4.78 is 11.8. The smallest absolute Gasteiger partial charge is 0.0466 e. The molecule has 0 unspecified atom stereocenters. The third-order valence-corrected chi connectivity index (χ3v) is 9.61. The molecule has 0 rings (SSSR count). The molecule has 266 valence electrons. The molecule has 0 aromatic carbocycles. The van der Waals surface area contributed by atoms with E-state index < -0.39 is 0 Å². The Labute approximate surface area is 280 Å². The monoisotopic (exact) mass is 623 g/mol. The lowest BCUT2D eigenvalue weighted by Gasteiger charge is -2.06. The highest BCUT2D eigenvalue weighted by atomic mass is 16.5. The first-order chi connectivity index (χ1) is 21.9.